The fourth-order valence-corrected chi connectivity index (χ4v) is 8.82. The van der Waals surface area contributed by atoms with Gasteiger partial charge < -0.3 is 30.4 Å². The van der Waals surface area contributed by atoms with E-state index in [1.54, 1.807) is 0 Å². The summed E-state index contributed by atoms with van der Waals surface area (Å²) in [4.78, 5) is 27.4. The van der Waals surface area contributed by atoms with Gasteiger partial charge in [-0.1, -0.05) is 24.3 Å². The topological polar surface area (TPSA) is 79.2 Å². The highest BCUT2D eigenvalue weighted by molar-refractivity contribution is 5.90. The number of nitrogens with one attached hydrogen (secondary N) is 4. The van der Waals surface area contributed by atoms with E-state index in [1.165, 1.54) is 55.4 Å². The van der Waals surface area contributed by atoms with Crippen molar-refractivity contribution in [2.45, 2.75) is 102 Å². The van der Waals surface area contributed by atoms with Crippen molar-refractivity contribution in [2.75, 3.05) is 13.1 Å². The van der Waals surface area contributed by atoms with Crippen molar-refractivity contribution >= 4 is 27.8 Å². The lowest BCUT2D eigenvalue weighted by Crippen LogP contribution is -2.55. The highest BCUT2D eigenvalue weighted by atomic mass is 16.2. The largest absolute Gasteiger partial charge is 0.356 e. The van der Waals surface area contributed by atoms with Crippen molar-refractivity contribution in [3.8, 4) is 0 Å². The lowest BCUT2D eigenvalue weighted by molar-refractivity contribution is 0.0446. The second kappa shape index (κ2) is 10.5. The molecule has 4 aromatic rings. The van der Waals surface area contributed by atoms with Gasteiger partial charge in [0.25, 0.3) is 0 Å². The van der Waals surface area contributed by atoms with E-state index in [9.17, 15) is 0 Å². The zero-order chi connectivity index (χ0) is 28.4. The van der Waals surface area contributed by atoms with Gasteiger partial charge in [0.1, 0.15) is 0 Å². The van der Waals surface area contributed by atoms with Gasteiger partial charge in [-0.2, -0.15) is 0 Å². The molecule has 4 aliphatic rings. The number of carbonyl (C=O) groups excluding carboxylic acids is 1. The van der Waals surface area contributed by atoms with Crippen LogP contribution in [-0.4, -0.2) is 51.0 Å². The second-order valence-corrected chi connectivity index (χ2v) is 13.3. The molecule has 0 saturated carbocycles. The minimum Gasteiger partial charge on any atom is -0.356 e. The van der Waals surface area contributed by atoms with E-state index in [4.69, 9.17) is 0 Å². The highest BCUT2D eigenvalue weighted by Crippen LogP contribution is 2.44. The molecule has 7 nitrogen and oxygen atoms in total. The fourth-order valence-electron chi connectivity index (χ4n) is 8.82. The average molecular weight is 565 g/mol. The van der Waals surface area contributed by atoms with Crippen LogP contribution in [0.1, 0.15) is 98.1 Å². The molecule has 220 valence electrons. The minimum atomic E-state index is 0.0736. The molecule has 2 aromatic carbocycles. The molecule has 6 heterocycles. The van der Waals surface area contributed by atoms with E-state index in [1.807, 2.05) is 0 Å². The molecule has 4 N–H and O–H groups in total. The number of H-pyrrole nitrogens is 2. The van der Waals surface area contributed by atoms with Gasteiger partial charge in [-0.3, -0.25) is 0 Å². The highest BCUT2D eigenvalue weighted by Gasteiger charge is 2.43. The number of hydrogen-bond donors (Lipinski definition) is 4. The summed E-state index contributed by atoms with van der Waals surface area (Å²) in [6, 6.07) is 14.0. The maximum absolute atomic E-state index is 15.1. The van der Waals surface area contributed by atoms with Crippen molar-refractivity contribution in [1.82, 2.24) is 30.4 Å². The molecule has 0 bridgehead atoms. The molecule has 7 heteroatoms. The summed E-state index contributed by atoms with van der Waals surface area (Å²) in [5, 5.41) is 10.00. The zero-order valence-electron chi connectivity index (χ0n) is 25.1. The van der Waals surface area contributed by atoms with E-state index in [0.29, 0.717) is 0 Å². The van der Waals surface area contributed by atoms with Crippen molar-refractivity contribution in [2.24, 2.45) is 0 Å². The van der Waals surface area contributed by atoms with Crippen LogP contribution < -0.4 is 10.6 Å². The first-order chi connectivity index (χ1) is 20.6. The Hall–Kier alpha value is -3.29. The molecule has 42 heavy (non-hydrogen) atoms. The van der Waals surface area contributed by atoms with Crippen LogP contribution in [0.5, 0.6) is 0 Å². The van der Waals surface area contributed by atoms with Crippen LogP contribution in [0.25, 0.3) is 21.8 Å². The standard InChI is InChI=1S/C35H44N6O/c1-21-7-3-13-29(33-25-15-17-36-19-23-9-5-11-27(38-33)31(23)25)40(21)35(42)41-22(2)8-4-14-30(41)34-26-16-18-37-20-24-10-6-12-28(39-34)32(24)26/h5-6,9-12,21-22,29-30,36-39H,3-4,7-8,13-20H2,1-2H3. The Morgan fingerprint density at radius 2 is 1.17 bits per heavy atom. The van der Waals surface area contributed by atoms with E-state index in [0.717, 1.165) is 77.5 Å². The van der Waals surface area contributed by atoms with Gasteiger partial charge in [-0.25, -0.2) is 4.79 Å². The summed E-state index contributed by atoms with van der Waals surface area (Å²) >= 11 is 0. The third kappa shape index (κ3) is 4.11. The Morgan fingerprint density at radius 3 is 1.64 bits per heavy atom. The van der Waals surface area contributed by atoms with Crippen LogP contribution in [0.4, 0.5) is 4.79 Å². The van der Waals surface area contributed by atoms with Crippen molar-refractivity contribution < 1.29 is 4.79 Å². The molecule has 0 radical (unpaired) electrons. The quantitative estimate of drug-likeness (QED) is 0.222. The Bertz CT molecular complexity index is 1530. The number of piperidine rings is 2. The molecular weight excluding hydrogens is 520 g/mol. The summed E-state index contributed by atoms with van der Waals surface area (Å²) < 4.78 is 0. The molecule has 0 spiro atoms. The van der Waals surface area contributed by atoms with Gasteiger partial charge in [-0.05, 0) is 113 Å². The molecular formula is C35H44N6O. The first-order valence-electron chi connectivity index (χ1n) is 16.4. The maximum Gasteiger partial charge on any atom is 0.321 e. The van der Waals surface area contributed by atoms with Crippen molar-refractivity contribution in [1.29, 1.82) is 0 Å². The van der Waals surface area contributed by atoms with E-state index in [-0.39, 0.29) is 30.2 Å². The fraction of sp³-hybridized carbons (Fsp3) is 0.514. The number of carbonyl (C=O) groups is 1. The summed E-state index contributed by atoms with van der Waals surface area (Å²) in [6.45, 7) is 8.29. The lowest BCUT2D eigenvalue weighted by atomic mass is 9.89. The summed E-state index contributed by atoms with van der Waals surface area (Å²) in [5.74, 6) is 0. The SMILES string of the molecule is CC1CCCC(c2[nH]c3cccc4c3c2CCNC4)N1C(=O)N1C(C)CCCC1c1[nH]c2cccc3c2c1CCNC3. The Balaban J connectivity index is 1.21. The predicted molar refractivity (Wildman–Crippen MR) is 169 cm³/mol. The first-order valence-corrected chi connectivity index (χ1v) is 16.4. The number of urea groups is 1. The lowest BCUT2D eigenvalue weighted by Gasteiger charge is -2.48. The molecule has 0 aliphatic carbocycles. The monoisotopic (exact) mass is 564 g/mol. The number of aromatic amines is 2. The van der Waals surface area contributed by atoms with Crippen molar-refractivity contribution in [3.05, 3.63) is 70.0 Å². The molecule has 4 aliphatic heterocycles. The number of aromatic nitrogens is 2. The Kier molecular flexibility index (Phi) is 6.56. The van der Waals surface area contributed by atoms with Crippen LogP contribution in [0.15, 0.2) is 36.4 Å². The zero-order valence-corrected chi connectivity index (χ0v) is 25.1. The average Bonchev–Trinajstić information content (AvgIpc) is 3.36. The van der Waals surface area contributed by atoms with Gasteiger partial charge in [0.15, 0.2) is 0 Å². The number of likely N-dealkylation sites (tertiary alicyclic amines) is 2. The van der Waals surface area contributed by atoms with E-state index < -0.39 is 0 Å². The van der Waals surface area contributed by atoms with Gasteiger partial charge in [0.2, 0.25) is 0 Å². The van der Waals surface area contributed by atoms with Crippen molar-refractivity contribution in [3.63, 3.8) is 0 Å². The van der Waals surface area contributed by atoms with E-state index in [2.05, 4.69) is 80.6 Å². The van der Waals surface area contributed by atoms with Crippen LogP contribution in [0, 0.1) is 0 Å². The third-order valence-corrected chi connectivity index (χ3v) is 10.8. The second-order valence-electron chi connectivity index (χ2n) is 13.3. The van der Waals surface area contributed by atoms with Crippen LogP contribution >= 0.6 is 0 Å². The van der Waals surface area contributed by atoms with Gasteiger partial charge in [0.05, 0.1) is 12.1 Å². The molecule has 4 atom stereocenters. The van der Waals surface area contributed by atoms with Crippen LogP contribution in [0.3, 0.4) is 0 Å². The first kappa shape index (κ1) is 26.3. The number of rotatable bonds is 2. The number of amides is 2. The smallest absolute Gasteiger partial charge is 0.321 e. The Morgan fingerprint density at radius 1 is 0.690 bits per heavy atom. The van der Waals surface area contributed by atoms with Gasteiger partial charge >= 0.3 is 6.03 Å². The van der Waals surface area contributed by atoms with Gasteiger partial charge in [0, 0.05) is 58.4 Å². The normalized spacial score (nSPS) is 26.4. The molecule has 8 rings (SSSR count). The molecule has 2 aromatic heterocycles. The minimum absolute atomic E-state index is 0.0736. The van der Waals surface area contributed by atoms with Crippen LogP contribution in [-0.2, 0) is 25.9 Å². The summed E-state index contributed by atoms with van der Waals surface area (Å²) in [5.41, 5.74) is 10.6. The number of hydrogen-bond acceptors (Lipinski definition) is 3. The molecule has 2 amide bonds. The Labute approximate surface area is 248 Å². The predicted octanol–water partition coefficient (Wildman–Crippen LogP) is 6.59. The molecule has 2 fully saturated rings. The molecule has 2 saturated heterocycles. The van der Waals surface area contributed by atoms with E-state index >= 15 is 4.79 Å². The molecule has 4 unspecified atom stereocenters. The summed E-state index contributed by atoms with van der Waals surface area (Å²) in [7, 11) is 0. The summed E-state index contributed by atoms with van der Waals surface area (Å²) in [6.07, 6.45) is 8.44. The van der Waals surface area contributed by atoms with Gasteiger partial charge in [-0.15, -0.1) is 0 Å². The third-order valence-electron chi connectivity index (χ3n) is 10.8. The number of benzene rings is 2. The number of nitrogens with zero attached hydrogens (tertiary/aromatic N) is 2. The maximum atomic E-state index is 15.1. The van der Waals surface area contributed by atoms with Crippen LogP contribution in [0.2, 0.25) is 0 Å².